The average Bonchev–Trinajstić information content (AvgIpc) is 2.34. The molecule has 0 fully saturated rings. The van der Waals surface area contributed by atoms with Crippen LogP contribution in [0.3, 0.4) is 0 Å². The van der Waals surface area contributed by atoms with Gasteiger partial charge in [0.05, 0.1) is 0 Å². The molecule has 0 aromatic carbocycles. The van der Waals surface area contributed by atoms with Gasteiger partial charge in [-0.15, -0.1) is 0 Å². The van der Waals surface area contributed by atoms with Crippen molar-refractivity contribution in [2.75, 3.05) is 13.6 Å². The average molecular weight is 304 g/mol. The summed E-state index contributed by atoms with van der Waals surface area (Å²) in [4.78, 5) is 47.0. The highest BCUT2D eigenvalue weighted by Crippen LogP contribution is 2.06. The third kappa shape index (κ3) is 14.1. The standard InChI is InChI=1S/C11H20N2O5.C2H4O/c1-6-8(14)13(5)18-9(15)7-12-10(16)17-11(2,3)4;1-2-3/h6-7H2,1-5H3,(H,12,16);2H,1H3. The number of nitrogens with one attached hydrogen (secondary N) is 1. The van der Waals surface area contributed by atoms with Gasteiger partial charge in [-0.2, -0.15) is 5.06 Å². The van der Waals surface area contributed by atoms with E-state index in [1.807, 2.05) is 0 Å². The summed E-state index contributed by atoms with van der Waals surface area (Å²) >= 11 is 0. The van der Waals surface area contributed by atoms with Crippen molar-refractivity contribution in [1.29, 1.82) is 0 Å². The molecule has 0 aromatic heterocycles. The van der Waals surface area contributed by atoms with Gasteiger partial charge < -0.3 is 19.7 Å². The Morgan fingerprint density at radius 2 is 1.71 bits per heavy atom. The van der Waals surface area contributed by atoms with Gasteiger partial charge in [0.1, 0.15) is 18.4 Å². The summed E-state index contributed by atoms with van der Waals surface area (Å²) in [6.45, 7) is 7.84. The molecular weight excluding hydrogens is 280 g/mol. The van der Waals surface area contributed by atoms with Crippen molar-refractivity contribution in [2.45, 2.75) is 46.6 Å². The van der Waals surface area contributed by atoms with E-state index in [9.17, 15) is 14.4 Å². The largest absolute Gasteiger partial charge is 0.444 e. The van der Waals surface area contributed by atoms with E-state index in [-0.39, 0.29) is 18.9 Å². The van der Waals surface area contributed by atoms with Crippen LogP contribution in [0.2, 0.25) is 0 Å². The number of hydroxylamine groups is 2. The number of alkyl carbamates (subject to hydrolysis) is 1. The zero-order valence-corrected chi connectivity index (χ0v) is 13.4. The Morgan fingerprint density at radius 3 is 2.10 bits per heavy atom. The summed E-state index contributed by atoms with van der Waals surface area (Å²) in [5.41, 5.74) is -0.636. The second-order valence-electron chi connectivity index (χ2n) is 4.80. The molecule has 21 heavy (non-hydrogen) atoms. The lowest BCUT2D eigenvalue weighted by molar-refractivity contribution is -0.191. The van der Waals surface area contributed by atoms with Crippen LogP contribution in [0.25, 0.3) is 0 Å². The lowest BCUT2D eigenvalue weighted by Gasteiger charge is -2.20. The molecule has 0 aliphatic rings. The maximum Gasteiger partial charge on any atom is 0.408 e. The third-order valence-electron chi connectivity index (χ3n) is 1.67. The normalized spacial score (nSPS) is 9.62. The van der Waals surface area contributed by atoms with Gasteiger partial charge in [0, 0.05) is 13.5 Å². The van der Waals surface area contributed by atoms with E-state index in [4.69, 9.17) is 9.53 Å². The fourth-order valence-electron chi connectivity index (χ4n) is 0.917. The molecule has 1 N–H and O–H groups in total. The van der Waals surface area contributed by atoms with E-state index >= 15 is 0 Å². The maximum atomic E-state index is 11.3. The summed E-state index contributed by atoms with van der Waals surface area (Å²) in [7, 11) is 1.33. The molecule has 0 aliphatic carbocycles. The van der Waals surface area contributed by atoms with Gasteiger partial charge in [-0.25, -0.2) is 9.59 Å². The van der Waals surface area contributed by atoms with E-state index in [2.05, 4.69) is 10.2 Å². The van der Waals surface area contributed by atoms with Crippen LogP contribution in [0, 0.1) is 0 Å². The molecule has 0 atom stereocenters. The third-order valence-corrected chi connectivity index (χ3v) is 1.67. The van der Waals surface area contributed by atoms with Crippen LogP contribution in [-0.2, 0) is 24.0 Å². The predicted molar refractivity (Wildman–Crippen MR) is 75.1 cm³/mol. The molecule has 8 heteroatoms. The van der Waals surface area contributed by atoms with Crippen LogP contribution in [0.1, 0.15) is 41.0 Å². The van der Waals surface area contributed by atoms with Gasteiger partial charge in [0.2, 0.25) is 0 Å². The fourth-order valence-corrected chi connectivity index (χ4v) is 0.917. The fraction of sp³-hybridized carbons (Fsp3) is 0.692. The van der Waals surface area contributed by atoms with Gasteiger partial charge in [-0.3, -0.25) is 4.79 Å². The van der Waals surface area contributed by atoms with Gasteiger partial charge in [0.15, 0.2) is 0 Å². The van der Waals surface area contributed by atoms with E-state index in [0.717, 1.165) is 11.3 Å². The molecule has 0 rings (SSSR count). The van der Waals surface area contributed by atoms with Crippen molar-refractivity contribution in [3.63, 3.8) is 0 Å². The van der Waals surface area contributed by atoms with Gasteiger partial charge in [-0.05, 0) is 27.7 Å². The first-order valence-electron chi connectivity index (χ1n) is 6.41. The lowest BCUT2D eigenvalue weighted by Crippen LogP contribution is -2.38. The molecule has 0 saturated heterocycles. The Bertz CT molecular complexity index is 362. The number of nitrogens with zero attached hydrogens (tertiary/aromatic N) is 1. The molecule has 0 aromatic rings. The molecule has 122 valence electrons. The van der Waals surface area contributed by atoms with Gasteiger partial charge >= 0.3 is 12.1 Å². The summed E-state index contributed by atoms with van der Waals surface area (Å²) in [5, 5.41) is 3.06. The number of carbonyl (C=O) groups excluding carboxylic acids is 4. The first kappa shape index (κ1) is 21.2. The zero-order chi connectivity index (χ0) is 17.1. The van der Waals surface area contributed by atoms with Crippen molar-refractivity contribution < 1.29 is 28.8 Å². The first-order chi connectivity index (χ1) is 9.57. The molecule has 0 radical (unpaired) electrons. The Kier molecular flexibility index (Phi) is 10.7. The lowest BCUT2D eigenvalue weighted by atomic mass is 10.2. The second kappa shape index (κ2) is 10.6. The minimum absolute atomic E-state index is 0.225. The van der Waals surface area contributed by atoms with E-state index in [1.54, 1.807) is 27.7 Å². The van der Waals surface area contributed by atoms with Crippen LogP contribution in [0.5, 0.6) is 0 Å². The van der Waals surface area contributed by atoms with Crippen molar-refractivity contribution >= 4 is 24.3 Å². The van der Waals surface area contributed by atoms with Crippen LogP contribution in [0.15, 0.2) is 0 Å². The Balaban J connectivity index is 0. The van der Waals surface area contributed by atoms with Crippen molar-refractivity contribution in [1.82, 2.24) is 10.4 Å². The SMILES string of the molecule is CC=O.CCC(=O)N(C)OC(=O)CNC(=O)OC(C)(C)C. The number of rotatable bonds is 3. The van der Waals surface area contributed by atoms with Crippen molar-refractivity contribution in [2.24, 2.45) is 0 Å². The van der Waals surface area contributed by atoms with Crippen LogP contribution in [-0.4, -0.2) is 48.5 Å². The molecule has 0 unspecified atom stereocenters. The number of hydrogen-bond acceptors (Lipinski definition) is 6. The molecule has 0 heterocycles. The van der Waals surface area contributed by atoms with Crippen LogP contribution in [0.4, 0.5) is 4.79 Å². The Morgan fingerprint density at radius 1 is 1.24 bits per heavy atom. The van der Waals surface area contributed by atoms with Crippen LogP contribution >= 0.6 is 0 Å². The van der Waals surface area contributed by atoms with Crippen molar-refractivity contribution in [3.8, 4) is 0 Å². The highest BCUT2D eigenvalue weighted by Gasteiger charge is 2.18. The number of ether oxygens (including phenoxy) is 1. The second-order valence-corrected chi connectivity index (χ2v) is 4.80. The minimum atomic E-state index is -0.745. The van der Waals surface area contributed by atoms with E-state index in [0.29, 0.717) is 0 Å². The molecule has 0 aliphatic heterocycles. The number of hydrogen-bond donors (Lipinski definition) is 1. The summed E-state index contributed by atoms with van der Waals surface area (Å²) < 4.78 is 4.92. The smallest absolute Gasteiger partial charge is 0.408 e. The number of amides is 2. The highest BCUT2D eigenvalue weighted by atomic mass is 16.7. The summed E-state index contributed by atoms with van der Waals surface area (Å²) in [6.07, 6.45) is 0.257. The Hall–Kier alpha value is -2.12. The predicted octanol–water partition coefficient (Wildman–Crippen LogP) is 1.04. The zero-order valence-electron chi connectivity index (χ0n) is 13.4. The molecule has 8 nitrogen and oxygen atoms in total. The topological polar surface area (TPSA) is 102 Å². The molecule has 0 bridgehead atoms. The maximum absolute atomic E-state index is 11.3. The van der Waals surface area contributed by atoms with E-state index < -0.39 is 17.7 Å². The Labute approximate surface area is 124 Å². The van der Waals surface area contributed by atoms with Gasteiger partial charge in [0.25, 0.3) is 5.91 Å². The molecule has 0 saturated carbocycles. The summed E-state index contributed by atoms with van der Waals surface area (Å²) in [6, 6.07) is 0. The number of carbonyl (C=O) groups is 4. The minimum Gasteiger partial charge on any atom is -0.444 e. The van der Waals surface area contributed by atoms with Gasteiger partial charge in [-0.1, -0.05) is 6.92 Å². The monoisotopic (exact) mass is 304 g/mol. The quantitative estimate of drug-likeness (QED) is 0.617. The van der Waals surface area contributed by atoms with Crippen LogP contribution < -0.4 is 5.32 Å². The van der Waals surface area contributed by atoms with Crippen molar-refractivity contribution in [3.05, 3.63) is 0 Å². The summed E-state index contributed by atoms with van der Waals surface area (Å²) in [5.74, 6) is -1.08. The number of aldehydes is 1. The molecule has 2 amide bonds. The first-order valence-corrected chi connectivity index (χ1v) is 6.41. The molecule has 0 spiro atoms. The van der Waals surface area contributed by atoms with E-state index in [1.165, 1.54) is 14.0 Å². The molecular formula is C13H24N2O6. The highest BCUT2D eigenvalue weighted by molar-refractivity contribution is 5.80.